The van der Waals surface area contributed by atoms with Gasteiger partial charge < -0.3 is 20.7 Å². The number of amides is 1. The van der Waals surface area contributed by atoms with Crippen LogP contribution in [0.2, 0.25) is 0 Å². The third-order valence-corrected chi connectivity index (χ3v) is 3.75. The minimum Gasteiger partial charge on any atom is -0.488 e. The highest BCUT2D eigenvalue weighted by atomic mass is 127. The molecule has 0 bridgehead atoms. The highest BCUT2D eigenvalue weighted by Crippen LogP contribution is 2.28. The van der Waals surface area contributed by atoms with Crippen molar-refractivity contribution in [2.45, 2.75) is 33.3 Å². The van der Waals surface area contributed by atoms with E-state index in [2.05, 4.69) is 27.0 Å². The molecule has 0 saturated heterocycles. The number of ether oxygens (including phenoxy) is 1. The number of carbonyl (C=O) groups excluding carboxylic acids is 1. The molecule has 1 unspecified atom stereocenters. The fraction of sp³-hybridized carbons (Fsp3) is 0.556. The second-order valence-electron chi connectivity index (χ2n) is 6.14. The van der Waals surface area contributed by atoms with Gasteiger partial charge in [-0.3, -0.25) is 4.79 Å². The van der Waals surface area contributed by atoms with Crippen molar-refractivity contribution in [1.29, 1.82) is 0 Å². The van der Waals surface area contributed by atoms with Gasteiger partial charge >= 0.3 is 0 Å². The van der Waals surface area contributed by atoms with Gasteiger partial charge in [-0.2, -0.15) is 0 Å². The third kappa shape index (κ3) is 7.09. The fourth-order valence-electron chi connectivity index (χ4n) is 2.46. The first kappa shape index (κ1) is 21.5. The fourth-order valence-corrected chi connectivity index (χ4v) is 2.46. The summed E-state index contributed by atoms with van der Waals surface area (Å²) in [6.45, 7) is 8.39. The molecule has 1 amide bonds. The average molecular weight is 460 g/mol. The summed E-state index contributed by atoms with van der Waals surface area (Å²) in [4.78, 5) is 16.1. The Bertz CT molecular complexity index is 553. The Morgan fingerprint density at radius 2 is 1.96 bits per heavy atom. The number of para-hydroxylation sites is 1. The minimum absolute atomic E-state index is 0. The maximum Gasteiger partial charge on any atom is 0.222 e. The van der Waals surface area contributed by atoms with E-state index in [1.54, 1.807) is 0 Å². The predicted octanol–water partition coefficient (Wildman–Crippen LogP) is 1.94. The van der Waals surface area contributed by atoms with Gasteiger partial charge in [-0.25, -0.2) is 4.99 Å². The van der Waals surface area contributed by atoms with Gasteiger partial charge in [-0.05, 0) is 18.6 Å². The zero-order chi connectivity index (χ0) is 17.4. The largest absolute Gasteiger partial charge is 0.488 e. The summed E-state index contributed by atoms with van der Waals surface area (Å²) < 4.78 is 5.90. The molecule has 2 rings (SSSR count). The lowest BCUT2D eigenvalue weighted by Crippen LogP contribution is -2.42. The zero-order valence-corrected chi connectivity index (χ0v) is 17.5. The van der Waals surface area contributed by atoms with Crippen LogP contribution in [0.1, 0.15) is 26.3 Å². The van der Waals surface area contributed by atoms with Crippen molar-refractivity contribution in [3.05, 3.63) is 29.8 Å². The summed E-state index contributed by atoms with van der Waals surface area (Å²) in [5, 5.41) is 9.32. The molecule has 1 aromatic carbocycles. The molecule has 1 heterocycles. The summed E-state index contributed by atoms with van der Waals surface area (Å²) in [5.74, 6) is 1.78. The smallest absolute Gasteiger partial charge is 0.222 e. The van der Waals surface area contributed by atoms with Gasteiger partial charge in [-0.1, -0.05) is 32.0 Å². The number of rotatable bonds is 7. The molecule has 0 fully saturated rings. The number of benzene rings is 1. The Kier molecular flexibility index (Phi) is 9.62. The van der Waals surface area contributed by atoms with Crippen molar-refractivity contribution in [2.75, 3.05) is 26.2 Å². The average Bonchev–Trinajstić information content (AvgIpc) is 2.98. The van der Waals surface area contributed by atoms with E-state index in [-0.39, 0.29) is 41.9 Å². The van der Waals surface area contributed by atoms with Crippen LogP contribution in [0.4, 0.5) is 0 Å². The number of guanidine groups is 1. The number of halogens is 1. The van der Waals surface area contributed by atoms with Crippen LogP contribution in [-0.4, -0.2) is 44.1 Å². The molecule has 1 aromatic rings. The number of aliphatic imine (C=N–C) groups is 1. The molecule has 140 valence electrons. The predicted molar refractivity (Wildman–Crippen MR) is 112 cm³/mol. The van der Waals surface area contributed by atoms with Crippen LogP contribution >= 0.6 is 24.0 Å². The number of hydrogen-bond acceptors (Lipinski definition) is 3. The van der Waals surface area contributed by atoms with Crippen molar-refractivity contribution < 1.29 is 9.53 Å². The highest BCUT2D eigenvalue weighted by Gasteiger charge is 2.21. The normalized spacial score (nSPS) is 15.8. The number of fused-ring (bicyclic) bond motifs is 1. The maximum atomic E-state index is 11.5. The summed E-state index contributed by atoms with van der Waals surface area (Å²) in [5.41, 5.74) is 1.24. The van der Waals surface area contributed by atoms with E-state index in [1.165, 1.54) is 5.56 Å². The van der Waals surface area contributed by atoms with Crippen LogP contribution in [0.5, 0.6) is 5.75 Å². The second kappa shape index (κ2) is 11.2. The molecule has 7 heteroatoms. The highest BCUT2D eigenvalue weighted by molar-refractivity contribution is 14.0. The van der Waals surface area contributed by atoms with Gasteiger partial charge in [-0.15, -0.1) is 24.0 Å². The van der Waals surface area contributed by atoms with Gasteiger partial charge in [0.25, 0.3) is 0 Å². The molecule has 0 spiro atoms. The Morgan fingerprint density at radius 3 is 2.64 bits per heavy atom. The summed E-state index contributed by atoms with van der Waals surface area (Å²) in [6.07, 6.45) is 0.974. The molecule has 0 radical (unpaired) electrons. The van der Waals surface area contributed by atoms with Crippen LogP contribution < -0.4 is 20.7 Å². The first-order valence-corrected chi connectivity index (χ1v) is 8.64. The van der Waals surface area contributed by atoms with Gasteiger partial charge in [0.1, 0.15) is 11.9 Å². The van der Waals surface area contributed by atoms with E-state index in [9.17, 15) is 4.79 Å². The number of carbonyl (C=O) groups is 1. The SMILES string of the molecule is CCNC(=NCC1Cc2ccccc2O1)NCCNC(=O)C(C)C.I. The van der Waals surface area contributed by atoms with E-state index in [4.69, 9.17) is 4.74 Å². The zero-order valence-electron chi connectivity index (χ0n) is 15.2. The maximum absolute atomic E-state index is 11.5. The molecular weight excluding hydrogens is 431 g/mol. The van der Waals surface area contributed by atoms with Crippen molar-refractivity contribution in [3.63, 3.8) is 0 Å². The Labute approximate surface area is 167 Å². The monoisotopic (exact) mass is 460 g/mol. The van der Waals surface area contributed by atoms with Crippen molar-refractivity contribution in [2.24, 2.45) is 10.9 Å². The van der Waals surface area contributed by atoms with Crippen LogP contribution in [0, 0.1) is 5.92 Å². The molecule has 3 N–H and O–H groups in total. The second-order valence-corrected chi connectivity index (χ2v) is 6.14. The molecule has 25 heavy (non-hydrogen) atoms. The quantitative estimate of drug-likeness (QED) is 0.252. The number of nitrogens with zero attached hydrogens (tertiary/aromatic N) is 1. The molecule has 0 saturated carbocycles. The van der Waals surface area contributed by atoms with Gasteiger partial charge in [0, 0.05) is 32.0 Å². The lowest BCUT2D eigenvalue weighted by atomic mass is 10.1. The van der Waals surface area contributed by atoms with Crippen LogP contribution in [0.3, 0.4) is 0 Å². The standard InChI is InChI=1S/C18H28N4O2.HI/c1-4-19-18(21-10-9-20-17(23)13(2)3)22-12-15-11-14-7-5-6-8-16(14)24-15;/h5-8,13,15H,4,9-12H2,1-3H3,(H,20,23)(H2,19,21,22);1H. The summed E-state index contributed by atoms with van der Waals surface area (Å²) >= 11 is 0. The Balaban J connectivity index is 0.00000312. The lowest BCUT2D eigenvalue weighted by molar-refractivity contribution is -0.123. The molecule has 0 aliphatic carbocycles. The van der Waals surface area contributed by atoms with Crippen molar-refractivity contribution >= 4 is 35.8 Å². The minimum atomic E-state index is 0. The summed E-state index contributed by atoms with van der Waals surface area (Å²) in [7, 11) is 0. The van der Waals surface area contributed by atoms with Crippen LogP contribution in [0.15, 0.2) is 29.3 Å². The van der Waals surface area contributed by atoms with Gasteiger partial charge in [0.2, 0.25) is 5.91 Å². The molecule has 0 aromatic heterocycles. The molecule has 1 aliphatic heterocycles. The topological polar surface area (TPSA) is 74.8 Å². The van der Waals surface area contributed by atoms with E-state index in [0.29, 0.717) is 19.6 Å². The lowest BCUT2D eigenvalue weighted by Gasteiger charge is -2.14. The molecule has 6 nitrogen and oxygen atoms in total. The van der Waals surface area contributed by atoms with Gasteiger partial charge in [0.15, 0.2) is 5.96 Å². The van der Waals surface area contributed by atoms with Crippen LogP contribution in [0.25, 0.3) is 0 Å². The first-order chi connectivity index (χ1) is 11.6. The molecule has 1 aliphatic rings. The number of nitrogens with one attached hydrogen (secondary N) is 3. The van der Waals surface area contributed by atoms with E-state index in [1.807, 2.05) is 39.0 Å². The van der Waals surface area contributed by atoms with Crippen molar-refractivity contribution in [1.82, 2.24) is 16.0 Å². The summed E-state index contributed by atoms with van der Waals surface area (Å²) in [6, 6.07) is 8.12. The van der Waals surface area contributed by atoms with E-state index < -0.39 is 0 Å². The number of hydrogen-bond donors (Lipinski definition) is 3. The molecule has 1 atom stereocenters. The van der Waals surface area contributed by atoms with Crippen molar-refractivity contribution in [3.8, 4) is 5.75 Å². The first-order valence-electron chi connectivity index (χ1n) is 8.64. The molecular formula is C18H29IN4O2. The van der Waals surface area contributed by atoms with E-state index >= 15 is 0 Å². The van der Waals surface area contributed by atoms with Crippen LogP contribution in [-0.2, 0) is 11.2 Å². The van der Waals surface area contributed by atoms with E-state index in [0.717, 1.165) is 24.7 Å². The Hall–Kier alpha value is -1.51. The Morgan fingerprint density at radius 1 is 1.24 bits per heavy atom. The third-order valence-electron chi connectivity index (χ3n) is 3.75. The van der Waals surface area contributed by atoms with Gasteiger partial charge in [0.05, 0.1) is 6.54 Å².